The van der Waals surface area contributed by atoms with Crippen molar-refractivity contribution < 1.29 is 42.9 Å². The normalized spacial score (nSPS) is 11.2. The van der Waals surface area contributed by atoms with Gasteiger partial charge in [0.1, 0.15) is 18.4 Å². The zero-order chi connectivity index (χ0) is 25.6. The van der Waals surface area contributed by atoms with Gasteiger partial charge in [0.05, 0.1) is 7.11 Å². The van der Waals surface area contributed by atoms with Gasteiger partial charge in [-0.25, -0.2) is 4.79 Å². The van der Waals surface area contributed by atoms with E-state index >= 15 is 0 Å². The van der Waals surface area contributed by atoms with Crippen LogP contribution in [0.25, 0.3) is 0 Å². The number of hydrogen-bond acceptors (Lipinski definition) is 10. The van der Waals surface area contributed by atoms with E-state index in [9.17, 15) is 19.2 Å². The predicted molar refractivity (Wildman–Crippen MR) is 124 cm³/mol. The second kappa shape index (κ2) is 14.4. The fraction of sp³-hybridized carbons (Fsp3) is 0.360. The Morgan fingerprint density at radius 3 is 2.14 bits per heavy atom. The van der Waals surface area contributed by atoms with Gasteiger partial charge in [-0.05, 0) is 36.2 Å². The first kappa shape index (κ1) is 27.3. The Kier molecular flexibility index (Phi) is 11.2. The van der Waals surface area contributed by atoms with Crippen molar-refractivity contribution in [3.63, 3.8) is 0 Å². The van der Waals surface area contributed by atoms with Crippen LogP contribution in [0.15, 0.2) is 48.5 Å². The molecule has 2 aromatic carbocycles. The summed E-state index contributed by atoms with van der Waals surface area (Å²) < 4.78 is 25.4. The molecule has 0 radical (unpaired) electrons. The van der Waals surface area contributed by atoms with Crippen molar-refractivity contribution in [2.45, 2.75) is 39.2 Å². The average Bonchev–Trinajstić information content (AvgIpc) is 2.87. The summed E-state index contributed by atoms with van der Waals surface area (Å²) in [5.41, 5.74) is 0.618. The summed E-state index contributed by atoms with van der Waals surface area (Å²) in [5.74, 6) is -0.984. The van der Waals surface area contributed by atoms with Crippen molar-refractivity contribution in [2.24, 2.45) is 0 Å². The van der Waals surface area contributed by atoms with Gasteiger partial charge in [-0.2, -0.15) is 0 Å². The quantitative estimate of drug-likeness (QED) is 0.206. The van der Waals surface area contributed by atoms with Crippen LogP contribution >= 0.6 is 0 Å². The summed E-state index contributed by atoms with van der Waals surface area (Å²) >= 11 is 0. The molecule has 0 saturated heterocycles. The Morgan fingerprint density at radius 2 is 1.51 bits per heavy atom. The molecule has 0 heterocycles. The van der Waals surface area contributed by atoms with Gasteiger partial charge in [-0.15, -0.1) is 0 Å². The van der Waals surface area contributed by atoms with Crippen LogP contribution in [0.3, 0.4) is 0 Å². The van der Waals surface area contributed by atoms with Gasteiger partial charge < -0.3 is 29.0 Å². The highest BCUT2D eigenvalue weighted by Gasteiger charge is 2.21. The second-order valence-corrected chi connectivity index (χ2v) is 7.18. The lowest BCUT2D eigenvalue weighted by Gasteiger charge is -2.18. The van der Waals surface area contributed by atoms with Gasteiger partial charge in [-0.1, -0.05) is 38.1 Å². The molecular formula is C25H29NO9. The number of rotatable bonds is 12. The Hall–Kier alpha value is -3.92. The molecule has 10 heteroatoms. The summed E-state index contributed by atoms with van der Waals surface area (Å²) in [6.07, 6.45) is -0.421. The van der Waals surface area contributed by atoms with Crippen molar-refractivity contribution in [1.29, 1.82) is 0 Å². The van der Waals surface area contributed by atoms with Gasteiger partial charge in [0, 0.05) is 19.4 Å². The number of ether oxygens (including phenoxy) is 5. The molecule has 0 spiro atoms. The summed E-state index contributed by atoms with van der Waals surface area (Å²) in [6, 6.07) is 12.4. The van der Waals surface area contributed by atoms with E-state index in [4.69, 9.17) is 23.7 Å². The maximum atomic E-state index is 12.3. The fourth-order valence-electron chi connectivity index (χ4n) is 2.83. The molecule has 0 bridgehead atoms. The smallest absolute Gasteiger partial charge is 0.468 e. The molecule has 0 aliphatic carbocycles. The van der Waals surface area contributed by atoms with Crippen molar-refractivity contribution in [3.8, 4) is 17.2 Å². The number of nitrogens with one attached hydrogen (secondary N) is 1. The van der Waals surface area contributed by atoms with Crippen LogP contribution in [0, 0.1) is 0 Å². The molecule has 188 valence electrons. The zero-order valence-electron chi connectivity index (χ0n) is 19.9. The molecule has 0 aliphatic heterocycles. The van der Waals surface area contributed by atoms with E-state index in [0.717, 1.165) is 0 Å². The molecule has 0 saturated carbocycles. The van der Waals surface area contributed by atoms with Crippen molar-refractivity contribution in [3.05, 3.63) is 54.1 Å². The van der Waals surface area contributed by atoms with Gasteiger partial charge >= 0.3 is 24.1 Å². The number of methoxy groups -OCH3 is 1. The van der Waals surface area contributed by atoms with E-state index in [-0.39, 0.29) is 43.9 Å². The van der Waals surface area contributed by atoms with Gasteiger partial charge in [0.15, 0.2) is 11.5 Å². The van der Waals surface area contributed by atoms with Crippen LogP contribution in [0.4, 0.5) is 4.79 Å². The second-order valence-electron chi connectivity index (χ2n) is 7.18. The molecule has 2 rings (SSSR count). The number of hydrogen-bond donors (Lipinski definition) is 1. The lowest BCUT2D eigenvalue weighted by atomic mass is 10.1. The van der Waals surface area contributed by atoms with Gasteiger partial charge in [-0.3, -0.25) is 14.4 Å². The lowest BCUT2D eigenvalue weighted by molar-refractivity contribution is -0.143. The third kappa shape index (κ3) is 9.46. The third-order valence-corrected chi connectivity index (χ3v) is 4.62. The minimum Gasteiger partial charge on any atom is -0.468 e. The maximum absolute atomic E-state index is 12.3. The Balaban J connectivity index is 2.00. The first-order valence-electron chi connectivity index (χ1n) is 11.1. The number of esters is 3. The molecule has 1 atom stereocenters. The minimum absolute atomic E-state index is 0.0512. The molecule has 0 aromatic heterocycles. The number of para-hydroxylation sites is 1. The summed E-state index contributed by atoms with van der Waals surface area (Å²) in [4.78, 5) is 47.6. The molecule has 1 N–H and O–H groups in total. The van der Waals surface area contributed by atoms with Crippen molar-refractivity contribution in [1.82, 2.24) is 5.32 Å². The standard InChI is InChI=1S/C25H29NO9/c1-4-22(27)34-20-12-11-17(16-21(20)35-23(28)5-2)15-19(24(29)31-3)26-13-14-32-25(30)33-18-9-7-6-8-10-18/h6-12,16,19,26H,4-5,13-15H2,1-3H3/t19-/m0/s1. The van der Waals surface area contributed by atoms with Gasteiger partial charge in [0.2, 0.25) is 0 Å². The van der Waals surface area contributed by atoms with Crippen LogP contribution in [0.5, 0.6) is 17.2 Å². The lowest BCUT2D eigenvalue weighted by Crippen LogP contribution is -2.41. The van der Waals surface area contributed by atoms with E-state index in [2.05, 4.69) is 5.32 Å². The van der Waals surface area contributed by atoms with Crippen LogP contribution < -0.4 is 19.5 Å². The molecule has 0 aliphatic rings. The molecule has 0 fully saturated rings. The van der Waals surface area contributed by atoms with Crippen LogP contribution in [-0.4, -0.2) is 50.4 Å². The van der Waals surface area contributed by atoms with E-state index < -0.39 is 30.1 Å². The zero-order valence-corrected chi connectivity index (χ0v) is 19.9. The number of carbonyl (C=O) groups is 4. The molecule has 0 unspecified atom stereocenters. The third-order valence-electron chi connectivity index (χ3n) is 4.62. The van der Waals surface area contributed by atoms with E-state index in [1.807, 2.05) is 0 Å². The minimum atomic E-state index is -0.868. The average molecular weight is 488 g/mol. The molecule has 35 heavy (non-hydrogen) atoms. The number of carbonyl (C=O) groups excluding carboxylic acids is 4. The maximum Gasteiger partial charge on any atom is 0.513 e. The van der Waals surface area contributed by atoms with Crippen LogP contribution in [-0.2, 0) is 30.3 Å². The SMILES string of the molecule is CCC(=O)Oc1ccc(C[C@H](NCCOC(=O)Oc2ccccc2)C(=O)OC)cc1OC(=O)CC. The topological polar surface area (TPSA) is 126 Å². The Morgan fingerprint density at radius 1 is 0.857 bits per heavy atom. The summed E-state index contributed by atoms with van der Waals surface area (Å²) in [6.45, 7) is 3.38. The predicted octanol–water partition coefficient (Wildman–Crippen LogP) is 3.21. The van der Waals surface area contributed by atoms with E-state index in [1.54, 1.807) is 50.2 Å². The Bertz CT molecular complexity index is 1010. The molecule has 0 amide bonds. The molecule has 10 nitrogen and oxygen atoms in total. The molecular weight excluding hydrogens is 458 g/mol. The highest BCUT2D eigenvalue weighted by molar-refractivity contribution is 5.77. The summed E-state index contributed by atoms with van der Waals surface area (Å²) in [5, 5.41) is 2.97. The highest BCUT2D eigenvalue weighted by Crippen LogP contribution is 2.30. The molecule has 2 aromatic rings. The monoisotopic (exact) mass is 487 g/mol. The number of benzene rings is 2. The van der Waals surface area contributed by atoms with Gasteiger partial charge in [0.25, 0.3) is 0 Å². The van der Waals surface area contributed by atoms with E-state index in [1.165, 1.54) is 19.2 Å². The fourth-order valence-corrected chi connectivity index (χ4v) is 2.83. The van der Waals surface area contributed by atoms with Crippen LogP contribution in [0.2, 0.25) is 0 Å². The first-order valence-corrected chi connectivity index (χ1v) is 11.1. The largest absolute Gasteiger partial charge is 0.513 e. The van der Waals surface area contributed by atoms with Crippen molar-refractivity contribution in [2.75, 3.05) is 20.3 Å². The first-order chi connectivity index (χ1) is 16.9. The Labute approximate surface area is 203 Å². The van der Waals surface area contributed by atoms with E-state index in [0.29, 0.717) is 11.3 Å². The summed E-state index contributed by atoms with van der Waals surface area (Å²) in [7, 11) is 1.26. The van der Waals surface area contributed by atoms with Crippen LogP contribution in [0.1, 0.15) is 32.3 Å². The van der Waals surface area contributed by atoms with Crippen molar-refractivity contribution >= 4 is 24.1 Å². The highest BCUT2D eigenvalue weighted by atomic mass is 16.7.